The van der Waals surface area contributed by atoms with Crippen molar-refractivity contribution in [3.63, 3.8) is 0 Å². The maximum atomic E-state index is 11.3. The van der Waals surface area contributed by atoms with Crippen LogP contribution in [0.4, 0.5) is 0 Å². The van der Waals surface area contributed by atoms with Crippen molar-refractivity contribution in [2.75, 3.05) is 19.3 Å². The minimum atomic E-state index is -3.01. The van der Waals surface area contributed by atoms with Crippen molar-refractivity contribution >= 4 is 10.0 Å². The summed E-state index contributed by atoms with van der Waals surface area (Å²) in [6.45, 7) is 1.20. The fourth-order valence-corrected chi connectivity index (χ4v) is 2.81. The average Bonchev–Trinajstić information content (AvgIpc) is 2.69. The average molecular weight is 229 g/mol. The summed E-state index contributed by atoms with van der Waals surface area (Å²) in [6, 6.07) is 2.24. The van der Waals surface area contributed by atoms with E-state index in [1.54, 1.807) is 6.20 Å². The van der Waals surface area contributed by atoms with Gasteiger partial charge in [0.05, 0.1) is 12.3 Å². The van der Waals surface area contributed by atoms with E-state index < -0.39 is 10.0 Å². The van der Waals surface area contributed by atoms with Gasteiger partial charge in [0, 0.05) is 25.5 Å². The van der Waals surface area contributed by atoms with Crippen LogP contribution in [0.5, 0.6) is 0 Å². The fourth-order valence-electron chi connectivity index (χ4n) is 1.93. The molecular formula is C9H15N3O2S. The zero-order valence-corrected chi connectivity index (χ0v) is 9.52. The summed E-state index contributed by atoms with van der Waals surface area (Å²) in [7, 11) is -3.01. The molecule has 1 aromatic heterocycles. The van der Waals surface area contributed by atoms with Gasteiger partial charge in [0.1, 0.15) is 0 Å². The summed E-state index contributed by atoms with van der Waals surface area (Å²) in [5.41, 5.74) is 0. The highest BCUT2D eigenvalue weighted by molar-refractivity contribution is 7.88. The summed E-state index contributed by atoms with van der Waals surface area (Å²) in [5.74, 6) is 0. The van der Waals surface area contributed by atoms with E-state index in [4.69, 9.17) is 0 Å². The molecule has 0 aliphatic carbocycles. The Kier molecular flexibility index (Phi) is 2.79. The van der Waals surface area contributed by atoms with Crippen LogP contribution < -0.4 is 0 Å². The van der Waals surface area contributed by atoms with Crippen molar-refractivity contribution in [1.29, 1.82) is 0 Å². The Bertz CT molecular complexity index is 405. The highest BCUT2D eigenvalue weighted by Crippen LogP contribution is 2.22. The van der Waals surface area contributed by atoms with Crippen LogP contribution in [0.2, 0.25) is 0 Å². The molecule has 0 bridgehead atoms. The summed E-state index contributed by atoms with van der Waals surface area (Å²) in [4.78, 5) is 0. The number of hydrogen-bond donors (Lipinski definition) is 0. The first kappa shape index (κ1) is 10.6. The van der Waals surface area contributed by atoms with Gasteiger partial charge in [-0.05, 0) is 18.9 Å². The van der Waals surface area contributed by atoms with Crippen molar-refractivity contribution in [3.8, 4) is 0 Å². The summed E-state index contributed by atoms with van der Waals surface area (Å²) in [5, 5.41) is 4.18. The molecule has 6 heteroatoms. The molecule has 2 heterocycles. The van der Waals surface area contributed by atoms with Gasteiger partial charge in [-0.1, -0.05) is 0 Å². The van der Waals surface area contributed by atoms with E-state index in [0.29, 0.717) is 19.1 Å². The van der Waals surface area contributed by atoms with Crippen LogP contribution in [0.15, 0.2) is 18.5 Å². The van der Waals surface area contributed by atoms with E-state index in [-0.39, 0.29) is 0 Å². The van der Waals surface area contributed by atoms with Crippen molar-refractivity contribution in [2.45, 2.75) is 18.9 Å². The van der Waals surface area contributed by atoms with Gasteiger partial charge in [-0.25, -0.2) is 12.7 Å². The van der Waals surface area contributed by atoms with Crippen LogP contribution in [0.3, 0.4) is 0 Å². The van der Waals surface area contributed by atoms with Crippen molar-refractivity contribution in [3.05, 3.63) is 18.5 Å². The Balaban J connectivity index is 1.99. The molecule has 0 aromatic carbocycles. The molecule has 1 saturated heterocycles. The van der Waals surface area contributed by atoms with Gasteiger partial charge in [0.15, 0.2) is 0 Å². The molecule has 0 amide bonds. The number of rotatable bonds is 2. The van der Waals surface area contributed by atoms with Gasteiger partial charge in [-0.15, -0.1) is 0 Å². The molecule has 0 spiro atoms. The maximum absolute atomic E-state index is 11.3. The predicted octanol–water partition coefficient (Wildman–Crippen LogP) is 0.480. The molecule has 5 nitrogen and oxygen atoms in total. The van der Waals surface area contributed by atoms with E-state index in [1.807, 2.05) is 16.9 Å². The van der Waals surface area contributed by atoms with Gasteiger partial charge < -0.3 is 0 Å². The van der Waals surface area contributed by atoms with Crippen LogP contribution in [0.1, 0.15) is 18.9 Å². The molecule has 0 unspecified atom stereocenters. The molecule has 1 aliphatic rings. The topological polar surface area (TPSA) is 55.2 Å². The van der Waals surface area contributed by atoms with Crippen LogP contribution in [-0.4, -0.2) is 41.8 Å². The molecular weight excluding hydrogens is 214 g/mol. The smallest absolute Gasteiger partial charge is 0.211 e. The van der Waals surface area contributed by atoms with E-state index >= 15 is 0 Å². The van der Waals surface area contributed by atoms with Gasteiger partial charge >= 0.3 is 0 Å². The normalized spacial score (nSPS) is 20.6. The van der Waals surface area contributed by atoms with E-state index in [9.17, 15) is 8.42 Å². The van der Waals surface area contributed by atoms with Crippen molar-refractivity contribution in [1.82, 2.24) is 14.1 Å². The minimum Gasteiger partial charge on any atom is -0.270 e. The Hall–Kier alpha value is -0.880. The number of nitrogens with zero attached hydrogens (tertiary/aromatic N) is 3. The SMILES string of the molecule is CS(=O)(=O)N1CCC(n2cccn2)CC1. The number of aromatic nitrogens is 2. The number of hydrogen-bond acceptors (Lipinski definition) is 3. The number of sulfonamides is 1. The molecule has 1 aliphatic heterocycles. The van der Waals surface area contributed by atoms with Crippen LogP contribution in [0, 0.1) is 0 Å². The van der Waals surface area contributed by atoms with Crippen LogP contribution in [0.25, 0.3) is 0 Å². The zero-order valence-electron chi connectivity index (χ0n) is 8.70. The second-order valence-electron chi connectivity index (χ2n) is 3.88. The lowest BCUT2D eigenvalue weighted by Crippen LogP contribution is -2.38. The summed E-state index contributed by atoms with van der Waals surface area (Å²) < 4.78 is 26.0. The third-order valence-electron chi connectivity index (χ3n) is 2.79. The van der Waals surface area contributed by atoms with Crippen molar-refractivity contribution in [2.24, 2.45) is 0 Å². The molecule has 1 fully saturated rings. The van der Waals surface area contributed by atoms with Crippen LogP contribution in [-0.2, 0) is 10.0 Å². The molecule has 0 radical (unpaired) electrons. The maximum Gasteiger partial charge on any atom is 0.211 e. The second-order valence-corrected chi connectivity index (χ2v) is 5.86. The Morgan fingerprint density at radius 1 is 1.33 bits per heavy atom. The summed E-state index contributed by atoms with van der Waals surface area (Å²) >= 11 is 0. The first-order chi connectivity index (χ1) is 7.07. The van der Waals surface area contributed by atoms with Crippen LogP contribution >= 0.6 is 0 Å². The second kappa shape index (κ2) is 3.94. The third kappa shape index (κ3) is 2.38. The zero-order chi connectivity index (χ0) is 10.9. The van der Waals surface area contributed by atoms with Crippen molar-refractivity contribution < 1.29 is 8.42 Å². The number of piperidine rings is 1. The van der Waals surface area contributed by atoms with Gasteiger partial charge in [0.25, 0.3) is 0 Å². The minimum absolute atomic E-state index is 0.345. The standard InChI is InChI=1S/C9H15N3O2S/c1-15(13,14)11-7-3-9(4-8-11)12-6-2-5-10-12/h2,5-6,9H,3-4,7-8H2,1H3. The Morgan fingerprint density at radius 3 is 2.47 bits per heavy atom. The quantitative estimate of drug-likeness (QED) is 0.741. The molecule has 2 rings (SSSR count). The molecule has 84 valence electrons. The molecule has 0 saturated carbocycles. The van der Waals surface area contributed by atoms with E-state index in [2.05, 4.69) is 5.10 Å². The monoisotopic (exact) mass is 229 g/mol. The first-order valence-corrected chi connectivity index (χ1v) is 6.86. The van der Waals surface area contributed by atoms with E-state index in [0.717, 1.165) is 12.8 Å². The first-order valence-electron chi connectivity index (χ1n) is 5.01. The molecule has 1 aromatic rings. The summed E-state index contributed by atoms with van der Waals surface area (Å²) in [6.07, 6.45) is 6.63. The Morgan fingerprint density at radius 2 is 2.00 bits per heavy atom. The fraction of sp³-hybridized carbons (Fsp3) is 0.667. The van der Waals surface area contributed by atoms with Gasteiger partial charge in [0.2, 0.25) is 10.0 Å². The molecule has 0 atom stereocenters. The molecule has 15 heavy (non-hydrogen) atoms. The lowest BCUT2D eigenvalue weighted by atomic mass is 10.1. The lowest BCUT2D eigenvalue weighted by Gasteiger charge is -2.30. The largest absolute Gasteiger partial charge is 0.270 e. The van der Waals surface area contributed by atoms with Gasteiger partial charge in [-0.2, -0.15) is 5.10 Å². The lowest BCUT2D eigenvalue weighted by molar-refractivity contribution is 0.262. The van der Waals surface area contributed by atoms with Gasteiger partial charge in [-0.3, -0.25) is 4.68 Å². The highest BCUT2D eigenvalue weighted by atomic mass is 32.2. The third-order valence-corrected chi connectivity index (χ3v) is 4.09. The highest BCUT2D eigenvalue weighted by Gasteiger charge is 2.25. The molecule has 0 N–H and O–H groups in total. The van der Waals surface area contributed by atoms with E-state index in [1.165, 1.54) is 10.6 Å². The predicted molar refractivity (Wildman–Crippen MR) is 56.9 cm³/mol. The Labute approximate surface area is 89.7 Å².